The van der Waals surface area contributed by atoms with Crippen molar-refractivity contribution in [2.75, 3.05) is 5.32 Å². The normalized spacial score (nSPS) is 11.0. The molecule has 0 unspecified atom stereocenters. The first kappa shape index (κ1) is 13.0. The second-order valence-electron chi connectivity index (χ2n) is 5.05. The van der Waals surface area contributed by atoms with Crippen molar-refractivity contribution in [3.05, 3.63) is 77.9 Å². The number of fused-ring (bicyclic) bond motifs is 2. The molecule has 0 amide bonds. The molecule has 22 heavy (non-hydrogen) atoms. The fourth-order valence-electron chi connectivity index (χ4n) is 2.55. The number of halogens is 1. The Labute approximate surface area is 132 Å². The van der Waals surface area contributed by atoms with Gasteiger partial charge in [-0.2, -0.15) is 0 Å². The fourth-order valence-corrected chi connectivity index (χ4v) is 2.68. The van der Waals surface area contributed by atoms with Gasteiger partial charge in [-0.25, -0.2) is 0 Å². The number of aromatic nitrogens is 2. The smallest absolute Gasteiger partial charge is 0.262 e. The highest BCUT2D eigenvalue weighted by Crippen LogP contribution is 2.28. The zero-order valence-corrected chi connectivity index (χ0v) is 12.5. The number of nitrogens with zero attached hydrogens (tertiary/aromatic N) is 2. The summed E-state index contributed by atoms with van der Waals surface area (Å²) in [6.07, 6.45) is 1.95. The van der Waals surface area contributed by atoms with Gasteiger partial charge in [0.1, 0.15) is 11.2 Å². The molecule has 0 bridgehead atoms. The van der Waals surface area contributed by atoms with E-state index in [1.807, 2.05) is 65.3 Å². The molecule has 0 aliphatic rings. The van der Waals surface area contributed by atoms with E-state index in [1.165, 1.54) is 0 Å². The predicted octanol–water partition coefficient (Wildman–Crippen LogP) is 4.37. The molecule has 2 aromatic carbocycles. The SMILES string of the molecule is Clc1ccc(Nc2c3ccccc3n[n+]3ccccc23)cc1. The number of hydrogen-bond donors (Lipinski definition) is 1. The zero-order chi connectivity index (χ0) is 14.9. The average molecular weight is 307 g/mol. The van der Waals surface area contributed by atoms with Crippen molar-refractivity contribution in [2.45, 2.75) is 0 Å². The standard InChI is InChI=1S/C18H13ClN3/c19-13-8-10-14(11-9-13)20-18-15-5-1-2-6-16(15)21-22-12-4-3-7-17(18)22/h1-12H,(H,20,21)/q+1. The van der Waals surface area contributed by atoms with Crippen molar-refractivity contribution in [3.63, 3.8) is 0 Å². The maximum absolute atomic E-state index is 5.96. The van der Waals surface area contributed by atoms with E-state index < -0.39 is 0 Å². The summed E-state index contributed by atoms with van der Waals surface area (Å²) in [6, 6.07) is 21.8. The molecule has 4 heteroatoms. The molecule has 4 aromatic rings. The highest BCUT2D eigenvalue weighted by atomic mass is 35.5. The number of anilines is 2. The summed E-state index contributed by atoms with van der Waals surface area (Å²) in [6.45, 7) is 0. The molecule has 0 fully saturated rings. The van der Waals surface area contributed by atoms with Crippen molar-refractivity contribution in [3.8, 4) is 0 Å². The lowest BCUT2D eigenvalue weighted by atomic mass is 10.1. The molecule has 0 spiro atoms. The van der Waals surface area contributed by atoms with E-state index in [-0.39, 0.29) is 0 Å². The van der Waals surface area contributed by atoms with Crippen LogP contribution >= 0.6 is 11.6 Å². The van der Waals surface area contributed by atoms with E-state index in [4.69, 9.17) is 11.6 Å². The van der Waals surface area contributed by atoms with Gasteiger partial charge in [-0.1, -0.05) is 29.8 Å². The van der Waals surface area contributed by atoms with Gasteiger partial charge in [0, 0.05) is 33.3 Å². The Morgan fingerprint density at radius 2 is 1.64 bits per heavy atom. The van der Waals surface area contributed by atoms with Crippen LogP contribution in [0, 0.1) is 0 Å². The quantitative estimate of drug-likeness (QED) is 0.440. The Morgan fingerprint density at radius 1 is 0.864 bits per heavy atom. The number of nitrogens with one attached hydrogen (secondary N) is 1. The summed E-state index contributed by atoms with van der Waals surface area (Å²) in [7, 11) is 0. The Kier molecular flexibility index (Phi) is 3.13. The number of pyridine rings is 1. The Bertz CT molecular complexity index is 911. The molecule has 0 saturated carbocycles. The van der Waals surface area contributed by atoms with E-state index in [0.29, 0.717) is 0 Å². The lowest BCUT2D eigenvalue weighted by Gasteiger charge is -2.08. The van der Waals surface area contributed by atoms with E-state index in [2.05, 4.69) is 22.5 Å². The first-order valence-corrected chi connectivity index (χ1v) is 7.41. The lowest BCUT2D eigenvalue weighted by molar-refractivity contribution is -0.577. The molecular formula is C18H13ClN3+. The highest BCUT2D eigenvalue weighted by Gasteiger charge is 2.15. The van der Waals surface area contributed by atoms with Gasteiger partial charge in [0.25, 0.3) is 5.52 Å². The minimum Gasteiger partial charge on any atom is -0.349 e. The summed E-state index contributed by atoms with van der Waals surface area (Å²) >= 11 is 5.96. The lowest BCUT2D eigenvalue weighted by Crippen LogP contribution is -2.26. The van der Waals surface area contributed by atoms with Crippen LogP contribution in [0.25, 0.3) is 16.4 Å². The summed E-state index contributed by atoms with van der Waals surface area (Å²) in [5, 5.41) is 9.96. The molecule has 2 heterocycles. The maximum Gasteiger partial charge on any atom is 0.262 e. The van der Waals surface area contributed by atoms with Crippen molar-refractivity contribution in [1.29, 1.82) is 0 Å². The van der Waals surface area contributed by atoms with Crippen molar-refractivity contribution < 1.29 is 4.52 Å². The van der Waals surface area contributed by atoms with Gasteiger partial charge in [0.2, 0.25) is 6.20 Å². The first-order chi connectivity index (χ1) is 10.8. The third kappa shape index (κ3) is 2.26. The van der Waals surface area contributed by atoms with E-state index >= 15 is 0 Å². The van der Waals surface area contributed by atoms with E-state index in [1.54, 1.807) is 0 Å². The van der Waals surface area contributed by atoms with E-state index in [0.717, 1.165) is 32.8 Å². The molecule has 4 rings (SSSR count). The minimum absolute atomic E-state index is 0.726. The number of hydrogen-bond acceptors (Lipinski definition) is 2. The van der Waals surface area contributed by atoms with Crippen molar-refractivity contribution in [2.24, 2.45) is 0 Å². The highest BCUT2D eigenvalue weighted by molar-refractivity contribution is 6.30. The van der Waals surface area contributed by atoms with Gasteiger partial charge in [-0.15, -0.1) is 0 Å². The van der Waals surface area contributed by atoms with Gasteiger partial charge in [0.15, 0.2) is 0 Å². The van der Waals surface area contributed by atoms with Gasteiger partial charge >= 0.3 is 0 Å². The second-order valence-corrected chi connectivity index (χ2v) is 5.49. The summed E-state index contributed by atoms with van der Waals surface area (Å²) in [5.41, 5.74) is 4.00. The van der Waals surface area contributed by atoms with Crippen LogP contribution in [0.3, 0.4) is 0 Å². The third-order valence-corrected chi connectivity index (χ3v) is 3.85. The van der Waals surface area contributed by atoms with E-state index in [9.17, 15) is 0 Å². The fraction of sp³-hybridized carbons (Fsp3) is 0. The Morgan fingerprint density at radius 3 is 2.50 bits per heavy atom. The van der Waals surface area contributed by atoms with Crippen LogP contribution in [-0.4, -0.2) is 5.10 Å². The molecule has 1 N–H and O–H groups in total. The minimum atomic E-state index is 0.726. The Hall–Kier alpha value is -2.65. The summed E-state index contributed by atoms with van der Waals surface area (Å²) in [4.78, 5) is 0. The van der Waals surface area contributed by atoms with Crippen LogP contribution in [0.5, 0.6) is 0 Å². The summed E-state index contributed by atoms with van der Waals surface area (Å²) in [5.74, 6) is 0. The summed E-state index contributed by atoms with van der Waals surface area (Å²) < 4.78 is 1.89. The third-order valence-electron chi connectivity index (χ3n) is 3.60. The zero-order valence-electron chi connectivity index (χ0n) is 11.7. The van der Waals surface area contributed by atoms with Crippen LogP contribution in [-0.2, 0) is 0 Å². The molecule has 2 aromatic heterocycles. The molecule has 3 nitrogen and oxygen atoms in total. The van der Waals surface area contributed by atoms with Crippen LogP contribution in [0.4, 0.5) is 11.4 Å². The largest absolute Gasteiger partial charge is 0.349 e. The van der Waals surface area contributed by atoms with Crippen LogP contribution in [0.15, 0.2) is 72.9 Å². The molecule has 0 radical (unpaired) electrons. The van der Waals surface area contributed by atoms with Crippen molar-refractivity contribution >= 4 is 39.4 Å². The van der Waals surface area contributed by atoms with Crippen LogP contribution in [0.2, 0.25) is 5.02 Å². The molecule has 0 aliphatic heterocycles. The average Bonchev–Trinajstić information content (AvgIpc) is 2.56. The molecular weight excluding hydrogens is 294 g/mol. The Balaban J connectivity index is 1.97. The van der Waals surface area contributed by atoms with Crippen LogP contribution < -0.4 is 9.83 Å². The number of rotatable bonds is 2. The topological polar surface area (TPSA) is 29.0 Å². The molecule has 0 aliphatic carbocycles. The molecule has 106 valence electrons. The predicted molar refractivity (Wildman–Crippen MR) is 89.6 cm³/mol. The molecule has 0 saturated heterocycles. The van der Waals surface area contributed by atoms with Gasteiger partial charge < -0.3 is 5.32 Å². The van der Waals surface area contributed by atoms with Crippen molar-refractivity contribution in [1.82, 2.24) is 5.10 Å². The second kappa shape index (κ2) is 5.28. The van der Waals surface area contributed by atoms with Crippen LogP contribution in [0.1, 0.15) is 0 Å². The number of benzene rings is 2. The van der Waals surface area contributed by atoms with Gasteiger partial charge in [-0.05, 0) is 40.9 Å². The van der Waals surface area contributed by atoms with Gasteiger partial charge in [-0.3, -0.25) is 0 Å². The monoisotopic (exact) mass is 306 g/mol. The molecule has 0 atom stereocenters. The first-order valence-electron chi connectivity index (χ1n) is 7.03. The maximum atomic E-state index is 5.96. The van der Waals surface area contributed by atoms with Gasteiger partial charge in [0.05, 0.1) is 0 Å².